The maximum absolute atomic E-state index is 7.46. The van der Waals surface area contributed by atoms with Crippen molar-refractivity contribution in [3.63, 3.8) is 0 Å². The van der Waals surface area contributed by atoms with Crippen molar-refractivity contribution in [3.8, 4) is 0 Å². The van der Waals surface area contributed by atoms with Crippen LogP contribution in [0.25, 0.3) is 0 Å². The Labute approximate surface area is 288 Å². The molecule has 0 saturated heterocycles. The van der Waals surface area contributed by atoms with Crippen LogP contribution in [0.5, 0.6) is 0 Å². The van der Waals surface area contributed by atoms with Crippen LogP contribution in [0.3, 0.4) is 0 Å². The Kier molecular flexibility index (Phi) is 11.0. The number of hydrazone groups is 1. The number of hydrazine groups is 1. The Balaban J connectivity index is 2.02. The second-order valence-electron chi connectivity index (χ2n) is 13.7. The van der Waals surface area contributed by atoms with Crippen LogP contribution in [0.4, 0.5) is 17.1 Å². The van der Waals surface area contributed by atoms with Crippen molar-refractivity contribution in [1.29, 1.82) is 0 Å². The van der Waals surface area contributed by atoms with Gasteiger partial charge in [0, 0.05) is 16.7 Å². The Morgan fingerprint density at radius 1 is 0.500 bits per heavy atom. The zero-order valence-corrected chi connectivity index (χ0v) is 29.9. The molecule has 0 amide bonds. The lowest BCUT2D eigenvalue weighted by atomic mass is 9.92. The van der Waals surface area contributed by atoms with E-state index in [9.17, 15) is 0 Å². The van der Waals surface area contributed by atoms with Crippen molar-refractivity contribution in [2.24, 2.45) is 10.7 Å². The van der Waals surface area contributed by atoms with Crippen LogP contribution in [-0.4, -0.2) is 16.4 Å². The van der Waals surface area contributed by atoms with E-state index >= 15 is 0 Å². The second kappa shape index (κ2) is 15.3. The van der Waals surface area contributed by atoms with Gasteiger partial charge in [-0.2, -0.15) is 5.01 Å². The molecule has 0 aliphatic carbocycles. The Morgan fingerprint density at radius 2 is 0.896 bits per heavy atom. The molecule has 0 aliphatic rings. The largest absolute Gasteiger partial charge is 0.304 e. The number of nitrogens with zero attached hydrogens (tertiary/aromatic N) is 3. The van der Waals surface area contributed by atoms with E-state index in [0.717, 1.165) is 34.0 Å². The zero-order valence-electron chi connectivity index (χ0n) is 29.9. The van der Waals surface area contributed by atoms with Crippen molar-refractivity contribution in [1.82, 2.24) is 0 Å². The first-order valence-corrected chi connectivity index (χ1v) is 17.3. The predicted molar refractivity (Wildman–Crippen MR) is 205 cm³/mol. The predicted octanol–water partition coefficient (Wildman–Crippen LogP) is 11.4. The number of amidine groups is 2. The van der Waals surface area contributed by atoms with Gasteiger partial charge in [0.15, 0.2) is 11.5 Å². The Bertz CT molecular complexity index is 1820. The van der Waals surface area contributed by atoms with Crippen LogP contribution < -0.4 is 10.7 Å². The van der Waals surface area contributed by atoms with E-state index in [0.29, 0.717) is 5.84 Å². The van der Waals surface area contributed by atoms with Crippen LogP contribution in [0.2, 0.25) is 0 Å². The highest BCUT2D eigenvalue weighted by molar-refractivity contribution is 6.11. The number of aliphatic imine (C=N–C) groups is 1. The summed E-state index contributed by atoms with van der Waals surface area (Å²) < 4.78 is 2.23. The minimum absolute atomic E-state index is 0.244. The second-order valence-corrected chi connectivity index (χ2v) is 13.7. The van der Waals surface area contributed by atoms with Crippen molar-refractivity contribution < 1.29 is 4.68 Å². The molecule has 0 aliphatic heterocycles. The van der Waals surface area contributed by atoms with Gasteiger partial charge in [-0.15, -0.1) is 4.68 Å². The molecule has 4 nitrogen and oxygen atoms in total. The average molecular weight is 636 g/mol. The minimum atomic E-state index is 0.244. The molecule has 0 aromatic heterocycles. The highest BCUT2D eigenvalue weighted by Crippen LogP contribution is 2.39. The SMILES string of the molecule is CC(C)c1cccc(C(C)C)c1N=C(c1ccccc1)N(c1ccccc1)[N+](=C(N)c1ccccc1)c1c(C(C)C)cccc1C(C)C. The number of nitrogens with two attached hydrogens (primary N) is 1. The molecule has 0 spiro atoms. The van der Waals surface area contributed by atoms with Gasteiger partial charge in [-0.05, 0) is 59.1 Å². The summed E-state index contributed by atoms with van der Waals surface area (Å²) in [7, 11) is 0. The molecule has 5 aromatic carbocycles. The maximum atomic E-state index is 7.46. The highest BCUT2D eigenvalue weighted by atomic mass is 15.6. The third kappa shape index (κ3) is 7.28. The average Bonchev–Trinajstić information content (AvgIpc) is 3.10. The van der Waals surface area contributed by atoms with E-state index in [1.165, 1.54) is 22.3 Å². The third-order valence-electron chi connectivity index (χ3n) is 8.85. The van der Waals surface area contributed by atoms with E-state index in [1.54, 1.807) is 0 Å². The molecule has 5 aromatic rings. The molecule has 0 heterocycles. The summed E-state index contributed by atoms with van der Waals surface area (Å²) in [5.74, 6) is 2.48. The van der Waals surface area contributed by atoms with Gasteiger partial charge < -0.3 is 0 Å². The van der Waals surface area contributed by atoms with Crippen LogP contribution >= 0.6 is 0 Å². The van der Waals surface area contributed by atoms with Gasteiger partial charge >= 0.3 is 5.84 Å². The van der Waals surface area contributed by atoms with E-state index in [4.69, 9.17) is 10.7 Å². The standard InChI is InChI=1S/C44H50N4/c1-30(2)37-26-18-27-38(31(3)4)41(37)46-44(35-22-14-10-15-23-35)47(36-24-16-11-17-25-36)48(43(45)34-20-12-9-13-21-34)42-39(32(5)6)28-19-29-40(42)33(7)8/h9-33,45H,1-8H3/p+1. The number of rotatable bonds is 10. The number of hydrogen-bond donors (Lipinski definition) is 1. The monoisotopic (exact) mass is 635 g/mol. The van der Waals surface area contributed by atoms with E-state index < -0.39 is 0 Å². The van der Waals surface area contributed by atoms with Crippen molar-refractivity contribution in [2.75, 3.05) is 5.01 Å². The number of anilines is 1. The van der Waals surface area contributed by atoms with Gasteiger partial charge in [0.05, 0.1) is 16.9 Å². The summed E-state index contributed by atoms with van der Waals surface area (Å²) in [5, 5.41) is 2.24. The fourth-order valence-electron chi connectivity index (χ4n) is 6.29. The maximum Gasteiger partial charge on any atom is 0.304 e. The lowest BCUT2D eigenvalue weighted by Gasteiger charge is -2.31. The van der Waals surface area contributed by atoms with E-state index in [1.807, 2.05) is 18.2 Å². The first-order chi connectivity index (χ1) is 23.1. The summed E-state index contributed by atoms with van der Waals surface area (Å²) in [6, 6.07) is 44.6. The molecule has 246 valence electrons. The summed E-state index contributed by atoms with van der Waals surface area (Å²) >= 11 is 0. The fraction of sp³-hybridized carbons (Fsp3) is 0.273. The molecule has 0 radical (unpaired) electrons. The minimum Gasteiger partial charge on any atom is -0.285 e. The molecule has 0 saturated carbocycles. The van der Waals surface area contributed by atoms with Gasteiger partial charge in [0.25, 0.3) is 0 Å². The highest BCUT2D eigenvalue weighted by Gasteiger charge is 2.33. The van der Waals surface area contributed by atoms with Gasteiger partial charge in [-0.1, -0.05) is 159 Å². The smallest absolute Gasteiger partial charge is 0.285 e. The van der Waals surface area contributed by atoms with Crippen molar-refractivity contribution in [2.45, 2.75) is 79.1 Å². The van der Waals surface area contributed by atoms with Gasteiger partial charge in [-0.25, -0.2) is 4.99 Å². The van der Waals surface area contributed by atoms with Gasteiger partial charge in [0.1, 0.15) is 0 Å². The fourth-order valence-corrected chi connectivity index (χ4v) is 6.29. The van der Waals surface area contributed by atoms with Crippen LogP contribution in [-0.2, 0) is 0 Å². The van der Waals surface area contributed by atoms with Gasteiger partial charge in [-0.3, -0.25) is 5.73 Å². The normalized spacial score (nSPS) is 12.6. The Hall–Kier alpha value is -4.96. The molecular weight excluding hydrogens is 585 g/mol. The van der Waals surface area contributed by atoms with E-state index in [2.05, 4.69) is 174 Å². The number of benzene rings is 5. The number of hydrogen-bond acceptors (Lipinski definition) is 1. The van der Waals surface area contributed by atoms with Crippen LogP contribution in [0.15, 0.2) is 132 Å². The molecule has 2 N–H and O–H groups in total. The molecular formula is C44H51N4+. The summed E-state index contributed by atoms with van der Waals surface area (Å²) in [6.07, 6.45) is 0. The summed E-state index contributed by atoms with van der Waals surface area (Å²) in [6.45, 7) is 18.0. The van der Waals surface area contributed by atoms with Crippen LogP contribution in [0, 0.1) is 0 Å². The number of para-hydroxylation sites is 3. The summed E-state index contributed by atoms with van der Waals surface area (Å²) in [5.41, 5.74) is 17.3. The van der Waals surface area contributed by atoms with E-state index in [-0.39, 0.29) is 23.7 Å². The van der Waals surface area contributed by atoms with Crippen LogP contribution in [0.1, 0.15) is 112 Å². The van der Waals surface area contributed by atoms with Gasteiger partial charge in [0.2, 0.25) is 0 Å². The third-order valence-corrected chi connectivity index (χ3v) is 8.85. The Morgan fingerprint density at radius 3 is 1.33 bits per heavy atom. The molecule has 0 fully saturated rings. The summed E-state index contributed by atoms with van der Waals surface area (Å²) in [4.78, 5) is 5.75. The lowest BCUT2D eigenvalue weighted by Crippen LogP contribution is -2.45. The molecule has 5 rings (SSSR count). The molecule has 0 bridgehead atoms. The first kappa shape index (κ1) is 34.4. The first-order valence-electron chi connectivity index (χ1n) is 17.3. The molecule has 4 heteroatoms. The quantitative estimate of drug-likeness (QED) is 0.0718. The molecule has 48 heavy (non-hydrogen) atoms. The topological polar surface area (TPSA) is 44.6 Å². The zero-order chi connectivity index (χ0) is 34.4. The van der Waals surface area contributed by atoms with Crippen molar-refractivity contribution in [3.05, 3.63) is 161 Å². The molecule has 0 atom stereocenters. The molecule has 0 unspecified atom stereocenters. The van der Waals surface area contributed by atoms with Crippen molar-refractivity contribution >= 4 is 28.7 Å². The lowest BCUT2D eigenvalue weighted by molar-refractivity contribution is -0.441.